The summed E-state index contributed by atoms with van der Waals surface area (Å²) in [6.45, 7) is 3.01. The third-order valence-corrected chi connectivity index (χ3v) is 0.667. The van der Waals surface area contributed by atoms with E-state index < -0.39 is 18.4 Å². The van der Waals surface area contributed by atoms with Crippen molar-refractivity contribution in [3.63, 3.8) is 0 Å². The van der Waals surface area contributed by atoms with E-state index in [9.17, 15) is 9.59 Å². The summed E-state index contributed by atoms with van der Waals surface area (Å²) >= 11 is 0. The van der Waals surface area contributed by atoms with Crippen LogP contribution in [-0.4, -0.2) is 111 Å². The average molecular weight is 202 g/mol. The van der Waals surface area contributed by atoms with E-state index in [0.717, 1.165) is 0 Å². The Balaban J connectivity index is -0.000000107. The van der Waals surface area contributed by atoms with E-state index in [2.05, 4.69) is 6.58 Å². The monoisotopic (exact) mass is 202 g/mol. The average Bonchev–Trinajstić information content (AvgIpc) is 1.63. The molecule has 0 unspecified atom stereocenters. The number of carboxylic acids is 2. The molecule has 56 valence electrons. The molecule has 2 N–H and O–H groups in total. The van der Waals surface area contributed by atoms with Crippen molar-refractivity contribution in [2.75, 3.05) is 0 Å². The molecule has 0 aliphatic rings. The van der Waals surface area contributed by atoms with Crippen LogP contribution < -0.4 is 0 Å². The first-order valence-corrected chi connectivity index (χ1v) is 2.17. The van der Waals surface area contributed by atoms with Crippen molar-refractivity contribution >= 4 is 101 Å². The second kappa shape index (κ2) is 12.7. The minimum atomic E-state index is -1.27. The van der Waals surface area contributed by atoms with Gasteiger partial charge < -0.3 is 10.2 Å². The van der Waals surface area contributed by atoms with Gasteiger partial charge in [-0.15, -0.1) is 0 Å². The molecule has 12 heavy (non-hydrogen) atoms. The number of carboxylic acid groups (broad SMARTS) is 2. The zero-order chi connectivity index (χ0) is 7.44. The number of hydrogen-bond donors (Lipinski definition) is 2. The van der Waals surface area contributed by atoms with Gasteiger partial charge in [0.05, 0.1) is 6.42 Å². The van der Waals surface area contributed by atoms with Gasteiger partial charge in [0, 0.05) is 5.57 Å². The van der Waals surface area contributed by atoms with E-state index >= 15 is 0 Å². The molecule has 0 saturated carbocycles. The maximum atomic E-state index is 9.87. The molecule has 0 aromatic carbocycles. The molecule has 4 nitrogen and oxygen atoms in total. The normalized spacial score (nSPS) is 6.33. The second-order valence-electron chi connectivity index (χ2n) is 1.48. The SMILES string of the molecule is C=C(CC(=O)O)C(=O)O.[NaH].[NaH].[NaH]. The molecular weight excluding hydrogens is 193 g/mol. The maximum absolute atomic E-state index is 9.87. The molecule has 0 radical (unpaired) electrons. The molecule has 0 heterocycles. The van der Waals surface area contributed by atoms with Gasteiger partial charge in [0.15, 0.2) is 0 Å². The fourth-order valence-electron chi connectivity index (χ4n) is 0.258. The van der Waals surface area contributed by atoms with Crippen LogP contribution in [0.25, 0.3) is 0 Å². The van der Waals surface area contributed by atoms with Gasteiger partial charge in [-0.25, -0.2) is 4.79 Å². The second-order valence-corrected chi connectivity index (χ2v) is 1.48. The van der Waals surface area contributed by atoms with Crippen LogP contribution in [-0.2, 0) is 9.59 Å². The van der Waals surface area contributed by atoms with Crippen LogP contribution in [0.4, 0.5) is 0 Å². The van der Waals surface area contributed by atoms with E-state index in [1.807, 2.05) is 0 Å². The number of rotatable bonds is 3. The standard InChI is InChI=1S/C5H6O4.3Na.3H/c1-3(5(8)9)2-4(6)7;;;;;;/h1-2H2,(H,6,7)(H,8,9);;;;;;. The summed E-state index contributed by atoms with van der Waals surface area (Å²) in [5, 5.41) is 16.1. The molecule has 0 fully saturated rings. The molecule has 0 aromatic heterocycles. The van der Waals surface area contributed by atoms with Gasteiger partial charge in [-0.05, 0) is 0 Å². The third kappa shape index (κ3) is 14.2. The van der Waals surface area contributed by atoms with Crippen molar-refractivity contribution in [2.24, 2.45) is 0 Å². The van der Waals surface area contributed by atoms with Gasteiger partial charge >= 0.3 is 101 Å². The fraction of sp³-hybridized carbons (Fsp3) is 0.200. The van der Waals surface area contributed by atoms with Crippen LogP contribution in [0.1, 0.15) is 6.42 Å². The zero-order valence-corrected chi connectivity index (χ0v) is 4.63. The van der Waals surface area contributed by atoms with Crippen molar-refractivity contribution in [2.45, 2.75) is 6.42 Å². The first kappa shape index (κ1) is 23.5. The van der Waals surface area contributed by atoms with Crippen LogP contribution in [0.5, 0.6) is 0 Å². The summed E-state index contributed by atoms with van der Waals surface area (Å²) in [4.78, 5) is 19.7. The van der Waals surface area contributed by atoms with Gasteiger partial charge in [-0.3, -0.25) is 4.79 Å². The molecule has 0 rings (SSSR count). The first-order valence-electron chi connectivity index (χ1n) is 2.17. The van der Waals surface area contributed by atoms with Crippen LogP contribution in [0.3, 0.4) is 0 Å². The van der Waals surface area contributed by atoms with E-state index in [1.54, 1.807) is 0 Å². The van der Waals surface area contributed by atoms with Gasteiger partial charge in [-0.1, -0.05) is 6.58 Å². The molecule has 0 saturated heterocycles. The Kier molecular flexibility index (Phi) is 24.8. The summed E-state index contributed by atoms with van der Waals surface area (Å²) in [5.41, 5.74) is -0.303. The Bertz CT molecular complexity index is 168. The van der Waals surface area contributed by atoms with E-state index in [4.69, 9.17) is 10.2 Å². The third-order valence-electron chi connectivity index (χ3n) is 0.667. The van der Waals surface area contributed by atoms with Gasteiger partial charge in [-0.2, -0.15) is 0 Å². The Labute approximate surface area is 137 Å². The van der Waals surface area contributed by atoms with Crippen LogP contribution in [0, 0.1) is 0 Å². The topological polar surface area (TPSA) is 74.6 Å². The van der Waals surface area contributed by atoms with Crippen molar-refractivity contribution in [1.82, 2.24) is 0 Å². The van der Waals surface area contributed by atoms with Crippen molar-refractivity contribution in [3.8, 4) is 0 Å². The molecule has 7 heteroatoms. The van der Waals surface area contributed by atoms with Crippen LogP contribution >= 0.6 is 0 Å². The molecule has 0 spiro atoms. The fourth-order valence-corrected chi connectivity index (χ4v) is 0.258. The molecule has 0 aromatic rings. The van der Waals surface area contributed by atoms with Crippen molar-refractivity contribution in [1.29, 1.82) is 0 Å². The quantitative estimate of drug-likeness (QED) is 0.416. The number of aliphatic carboxylic acids is 2. The predicted molar refractivity (Wildman–Crippen MR) is 50.5 cm³/mol. The summed E-state index contributed by atoms with van der Waals surface area (Å²) in [5.74, 6) is -2.44. The van der Waals surface area contributed by atoms with Crippen LogP contribution in [0.15, 0.2) is 12.2 Å². The molecular formula is C5H9Na3O4. The molecule has 0 atom stereocenters. The number of hydrogen-bond acceptors (Lipinski definition) is 2. The van der Waals surface area contributed by atoms with Gasteiger partial charge in [0.25, 0.3) is 0 Å². The zero-order valence-electron chi connectivity index (χ0n) is 4.63. The Hall–Kier alpha value is 1.68. The predicted octanol–water partition coefficient (Wildman–Crippen LogP) is -1.84. The van der Waals surface area contributed by atoms with E-state index in [1.165, 1.54) is 0 Å². The summed E-state index contributed by atoms with van der Waals surface area (Å²) in [6, 6.07) is 0. The summed E-state index contributed by atoms with van der Waals surface area (Å²) in [6.07, 6.45) is -0.505. The minimum absolute atomic E-state index is 0. The number of carbonyl (C=O) groups is 2. The Morgan fingerprint density at radius 2 is 1.42 bits per heavy atom. The Morgan fingerprint density at radius 3 is 1.50 bits per heavy atom. The van der Waals surface area contributed by atoms with Crippen LogP contribution in [0.2, 0.25) is 0 Å². The van der Waals surface area contributed by atoms with E-state index in [0.29, 0.717) is 0 Å². The van der Waals surface area contributed by atoms with E-state index in [-0.39, 0.29) is 94.2 Å². The summed E-state index contributed by atoms with van der Waals surface area (Å²) < 4.78 is 0. The van der Waals surface area contributed by atoms with Crippen molar-refractivity contribution < 1.29 is 19.8 Å². The van der Waals surface area contributed by atoms with Gasteiger partial charge in [0.1, 0.15) is 0 Å². The molecule has 0 amide bonds. The molecule has 0 aliphatic heterocycles. The molecule has 0 bridgehead atoms. The van der Waals surface area contributed by atoms with Crippen molar-refractivity contribution in [3.05, 3.63) is 12.2 Å². The van der Waals surface area contributed by atoms with Gasteiger partial charge in [0.2, 0.25) is 0 Å². The Morgan fingerprint density at radius 1 is 1.08 bits per heavy atom. The summed E-state index contributed by atoms with van der Waals surface area (Å²) in [7, 11) is 0. The molecule has 0 aliphatic carbocycles. The first-order chi connectivity index (χ1) is 4.04.